The van der Waals surface area contributed by atoms with Crippen molar-refractivity contribution in [3.05, 3.63) is 0 Å². The molecule has 0 aromatic rings. The highest BCUT2D eigenvalue weighted by Crippen LogP contribution is 2.42. The molecule has 2 aliphatic heterocycles. The van der Waals surface area contributed by atoms with Gasteiger partial charge in [0.15, 0.2) is 0 Å². The van der Waals surface area contributed by atoms with E-state index in [2.05, 4.69) is 4.90 Å². The van der Waals surface area contributed by atoms with Crippen LogP contribution < -0.4 is 0 Å². The topological polar surface area (TPSA) is 32.7 Å². The quantitative estimate of drug-likeness (QED) is 0.835. The minimum atomic E-state index is -0.433. The summed E-state index contributed by atoms with van der Waals surface area (Å²) < 4.78 is 6.44. The van der Waals surface area contributed by atoms with Crippen molar-refractivity contribution in [1.29, 1.82) is 0 Å². The highest BCUT2D eigenvalue weighted by molar-refractivity contribution is 4.92. The molecule has 0 aromatic carbocycles. The Morgan fingerprint density at radius 2 is 1.74 bits per heavy atom. The molecule has 0 amide bonds. The molecule has 3 aliphatic rings. The maximum Gasteiger partial charge on any atom is 0.0710 e. The number of rotatable bonds is 2. The van der Waals surface area contributed by atoms with E-state index >= 15 is 0 Å². The third-order valence-electron chi connectivity index (χ3n) is 5.50. The number of aliphatic hydroxyl groups is 1. The van der Waals surface area contributed by atoms with Gasteiger partial charge in [-0.25, -0.2) is 0 Å². The minimum absolute atomic E-state index is 0.254. The standard InChI is InChI=1S/C16H29NO2/c1-15(18)9-11-17(12-10-15)13-14-5-8-16(19-14)6-3-2-4-7-16/h14,18H,2-13H2,1H3. The number of piperidine rings is 1. The number of likely N-dealkylation sites (tertiary alicyclic amines) is 1. The Morgan fingerprint density at radius 1 is 1.05 bits per heavy atom. The van der Waals surface area contributed by atoms with E-state index < -0.39 is 5.60 Å². The van der Waals surface area contributed by atoms with Gasteiger partial charge >= 0.3 is 0 Å². The zero-order valence-corrected chi connectivity index (χ0v) is 12.4. The summed E-state index contributed by atoms with van der Waals surface area (Å²) in [4.78, 5) is 2.49. The maximum atomic E-state index is 9.99. The molecule has 0 radical (unpaired) electrons. The predicted molar refractivity (Wildman–Crippen MR) is 76.2 cm³/mol. The molecule has 1 atom stereocenters. The first kappa shape index (κ1) is 13.8. The lowest BCUT2D eigenvalue weighted by Crippen LogP contribution is -2.45. The minimum Gasteiger partial charge on any atom is -0.390 e. The fourth-order valence-electron chi connectivity index (χ4n) is 4.09. The second-order valence-electron chi connectivity index (χ2n) is 7.32. The molecule has 1 aliphatic carbocycles. The lowest BCUT2D eigenvalue weighted by molar-refractivity contribution is -0.0797. The maximum absolute atomic E-state index is 9.99. The Balaban J connectivity index is 1.47. The molecule has 19 heavy (non-hydrogen) atoms. The van der Waals surface area contributed by atoms with E-state index in [0.29, 0.717) is 6.10 Å². The van der Waals surface area contributed by atoms with E-state index in [4.69, 9.17) is 4.74 Å². The molecule has 1 spiro atoms. The average molecular weight is 267 g/mol. The lowest BCUT2D eigenvalue weighted by atomic mass is 9.83. The molecule has 3 nitrogen and oxygen atoms in total. The smallest absolute Gasteiger partial charge is 0.0710 e. The summed E-state index contributed by atoms with van der Waals surface area (Å²) in [5.74, 6) is 0. The Labute approximate surface area is 117 Å². The van der Waals surface area contributed by atoms with Gasteiger partial charge in [-0.15, -0.1) is 0 Å². The molecule has 2 heterocycles. The van der Waals surface area contributed by atoms with Crippen LogP contribution in [0.3, 0.4) is 0 Å². The van der Waals surface area contributed by atoms with Crippen LogP contribution in [0.5, 0.6) is 0 Å². The summed E-state index contributed by atoms with van der Waals surface area (Å²) in [6, 6.07) is 0. The van der Waals surface area contributed by atoms with Crippen LogP contribution in [0.15, 0.2) is 0 Å². The van der Waals surface area contributed by atoms with Crippen molar-refractivity contribution < 1.29 is 9.84 Å². The van der Waals surface area contributed by atoms with Crippen molar-refractivity contribution in [1.82, 2.24) is 4.90 Å². The highest BCUT2D eigenvalue weighted by Gasteiger charge is 2.41. The molecule has 3 heteroatoms. The van der Waals surface area contributed by atoms with Crippen LogP contribution in [-0.2, 0) is 4.74 Å². The molecule has 1 N–H and O–H groups in total. The molecule has 110 valence electrons. The molecule has 0 aromatic heterocycles. The Morgan fingerprint density at radius 3 is 2.42 bits per heavy atom. The number of hydrogen-bond acceptors (Lipinski definition) is 3. The van der Waals surface area contributed by atoms with Gasteiger partial charge in [-0.2, -0.15) is 0 Å². The monoisotopic (exact) mass is 267 g/mol. The van der Waals surface area contributed by atoms with Crippen molar-refractivity contribution in [3.63, 3.8) is 0 Å². The third-order valence-corrected chi connectivity index (χ3v) is 5.50. The van der Waals surface area contributed by atoms with Crippen molar-refractivity contribution in [3.8, 4) is 0 Å². The average Bonchev–Trinajstić information content (AvgIpc) is 2.76. The van der Waals surface area contributed by atoms with Gasteiger partial charge in [0, 0.05) is 19.6 Å². The largest absolute Gasteiger partial charge is 0.390 e. The van der Waals surface area contributed by atoms with Crippen molar-refractivity contribution in [2.24, 2.45) is 0 Å². The SMILES string of the molecule is CC1(O)CCN(CC2CCC3(CCCCC3)O2)CC1. The van der Waals surface area contributed by atoms with Crippen molar-refractivity contribution >= 4 is 0 Å². The first-order chi connectivity index (χ1) is 9.07. The predicted octanol–water partition coefficient (Wildman–Crippen LogP) is 2.72. The van der Waals surface area contributed by atoms with E-state index in [1.807, 2.05) is 6.92 Å². The molecule has 3 rings (SSSR count). The van der Waals surface area contributed by atoms with Crippen LogP contribution in [0.2, 0.25) is 0 Å². The van der Waals surface area contributed by atoms with E-state index in [-0.39, 0.29) is 5.60 Å². The first-order valence-corrected chi connectivity index (χ1v) is 8.20. The summed E-state index contributed by atoms with van der Waals surface area (Å²) in [5, 5.41) is 9.99. The van der Waals surface area contributed by atoms with Crippen molar-refractivity contribution in [2.75, 3.05) is 19.6 Å². The number of hydrogen-bond donors (Lipinski definition) is 1. The number of ether oxygens (including phenoxy) is 1. The molecule has 3 fully saturated rings. The van der Waals surface area contributed by atoms with Crippen LogP contribution in [0, 0.1) is 0 Å². The van der Waals surface area contributed by atoms with Crippen LogP contribution in [0.25, 0.3) is 0 Å². The van der Waals surface area contributed by atoms with Crippen LogP contribution in [0.1, 0.15) is 64.7 Å². The molecular formula is C16H29NO2. The van der Waals surface area contributed by atoms with Gasteiger partial charge in [-0.1, -0.05) is 19.3 Å². The van der Waals surface area contributed by atoms with E-state index in [9.17, 15) is 5.11 Å². The van der Waals surface area contributed by atoms with Gasteiger partial charge in [0.2, 0.25) is 0 Å². The lowest BCUT2D eigenvalue weighted by Gasteiger charge is -2.38. The second-order valence-corrected chi connectivity index (χ2v) is 7.32. The van der Waals surface area contributed by atoms with Gasteiger partial charge in [0.1, 0.15) is 0 Å². The second kappa shape index (κ2) is 5.34. The normalized spacial score (nSPS) is 34.7. The van der Waals surface area contributed by atoms with Gasteiger partial charge in [0.05, 0.1) is 17.3 Å². The van der Waals surface area contributed by atoms with Crippen molar-refractivity contribution in [2.45, 2.75) is 82.0 Å². The highest BCUT2D eigenvalue weighted by atomic mass is 16.5. The molecule has 1 unspecified atom stereocenters. The molecular weight excluding hydrogens is 238 g/mol. The fraction of sp³-hybridized carbons (Fsp3) is 1.00. The van der Waals surface area contributed by atoms with Gasteiger partial charge in [-0.3, -0.25) is 0 Å². The van der Waals surface area contributed by atoms with Gasteiger partial charge in [0.25, 0.3) is 0 Å². The van der Waals surface area contributed by atoms with Crippen LogP contribution >= 0.6 is 0 Å². The number of nitrogens with zero attached hydrogens (tertiary/aromatic N) is 1. The van der Waals surface area contributed by atoms with Crippen LogP contribution in [0.4, 0.5) is 0 Å². The first-order valence-electron chi connectivity index (χ1n) is 8.20. The zero-order valence-electron chi connectivity index (χ0n) is 12.4. The zero-order chi connectivity index (χ0) is 13.3. The Bertz CT molecular complexity index is 300. The summed E-state index contributed by atoms with van der Waals surface area (Å²) in [6.45, 7) is 5.10. The molecule has 0 bridgehead atoms. The Kier molecular flexibility index (Phi) is 3.89. The fourth-order valence-corrected chi connectivity index (χ4v) is 4.09. The summed E-state index contributed by atoms with van der Waals surface area (Å²) in [5.41, 5.74) is -0.179. The molecule has 1 saturated carbocycles. The van der Waals surface area contributed by atoms with E-state index in [0.717, 1.165) is 32.5 Å². The van der Waals surface area contributed by atoms with E-state index in [1.165, 1.54) is 44.9 Å². The summed E-state index contributed by atoms with van der Waals surface area (Å²) in [6.07, 6.45) is 11.5. The van der Waals surface area contributed by atoms with Crippen LogP contribution in [-0.4, -0.2) is 46.9 Å². The van der Waals surface area contributed by atoms with E-state index in [1.54, 1.807) is 0 Å². The van der Waals surface area contributed by atoms with Gasteiger partial charge in [-0.05, 0) is 45.4 Å². The van der Waals surface area contributed by atoms with Gasteiger partial charge < -0.3 is 14.7 Å². The third kappa shape index (κ3) is 3.32. The summed E-state index contributed by atoms with van der Waals surface area (Å²) >= 11 is 0. The Hall–Kier alpha value is -0.120. The molecule has 2 saturated heterocycles. The summed E-state index contributed by atoms with van der Waals surface area (Å²) in [7, 11) is 0.